The normalized spacial score (nSPS) is 12.7. The average Bonchev–Trinajstić information content (AvgIpc) is 3.35. The lowest BCUT2D eigenvalue weighted by molar-refractivity contribution is -0.166. The van der Waals surface area contributed by atoms with Crippen molar-refractivity contribution in [1.29, 1.82) is 0 Å². The topological polar surface area (TPSA) is 78.9 Å². The number of ether oxygens (including phenoxy) is 3. The van der Waals surface area contributed by atoms with Crippen molar-refractivity contribution < 1.29 is 28.6 Å². The van der Waals surface area contributed by atoms with Gasteiger partial charge in [0.15, 0.2) is 6.10 Å². The molecule has 6 nitrogen and oxygen atoms in total. The Hall–Kier alpha value is -3.41. The lowest BCUT2D eigenvalue weighted by Gasteiger charge is -2.18. The summed E-state index contributed by atoms with van der Waals surface area (Å²) < 4.78 is 16.7. The summed E-state index contributed by atoms with van der Waals surface area (Å²) in [4.78, 5) is 38.1. The Morgan fingerprint density at radius 3 is 0.986 bits per heavy atom. The standard InChI is InChI=1S/C63H108O6/c1-4-7-10-13-16-19-22-25-28-29-30-31-32-33-36-38-41-44-47-50-53-56-62(65)68-59-60(69-63(66)57-54-51-48-45-42-39-35-27-24-21-18-15-12-9-6-3)58-67-61(64)55-52-49-46-43-40-37-34-26-23-20-17-14-11-8-5-2/h9,12,17-18,20-21,26-27,34-35,42,45,51,54,60H,4-8,10-11,13-16,19,22-25,28-33,36-41,43-44,46-50,52-53,55-59H2,1-3H3/b12-9-,20-17-,21-18-,34-26-,35-27-,45-42-,54-51-. The molecule has 396 valence electrons. The highest BCUT2D eigenvalue weighted by Crippen LogP contribution is 2.16. The van der Waals surface area contributed by atoms with Crippen LogP contribution in [-0.4, -0.2) is 37.2 Å². The molecule has 0 saturated carbocycles. The first kappa shape index (κ1) is 65.6. The Morgan fingerprint density at radius 1 is 0.319 bits per heavy atom. The van der Waals surface area contributed by atoms with E-state index < -0.39 is 12.1 Å². The van der Waals surface area contributed by atoms with E-state index in [4.69, 9.17) is 14.2 Å². The van der Waals surface area contributed by atoms with Gasteiger partial charge in [-0.1, -0.05) is 266 Å². The molecule has 0 spiro atoms. The van der Waals surface area contributed by atoms with Crippen LogP contribution in [0.2, 0.25) is 0 Å². The van der Waals surface area contributed by atoms with Gasteiger partial charge >= 0.3 is 17.9 Å². The van der Waals surface area contributed by atoms with Gasteiger partial charge in [-0.25, -0.2) is 0 Å². The van der Waals surface area contributed by atoms with Gasteiger partial charge in [-0.05, 0) is 77.0 Å². The van der Waals surface area contributed by atoms with Crippen molar-refractivity contribution >= 4 is 17.9 Å². The molecule has 0 heterocycles. The minimum atomic E-state index is -0.836. The summed E-state index contributed by atoms with van der Waals surface area (Å²) in [7, 11) is 0. The second-order valence-corrected chi connectivity index (χ2v) is 19.2. The summed E-state index contributed by atoms with van der Waals surface area (Å²) in [5.74, 6) is -1.06. The predicted molar refractivity (Wildman–Crippen MR) is 297 cm³/mol. The third kappa shape index (κ3) is 55.4. The van der Waals surface area contributed by atoms with E-state index in [1.54, 1.807) is 6.08 Å². The lowest BCUT2D eigenvalue weighted by Crippen LogP contribution is -2.30. The molecular formula is C63H108O6. The summed E-state index contributed by atoms with van der Waals surface area (Å²) >= 11 is 0. The van der Waals surface area contributed by atoms with Crippen molar-refractivity contribution in [3.63, 3.8) is 0 Å². The highest BCUT2D eigenvalue weighted by atomic mass is 16.6. The fourth-order valence-electron chi connectivity index (χ4n) is 8.08. The minimum absolute atomic E-state index is 0.0946. The van der Waals surface area contributed by atoms with Crippen LogP contribution in [0.5, 0.6) is 0 Å². The smallest absolute Gasteiger partial charge is 0.310 e. The number of carbonyl (C=O) groups is 3. The van der Waals surface area contributed by atoms with Crippen molar-refractivity contribution in [3.8, 4) is 0 Å². The Kier molecular flexibility index (Phi) is 54.3. The number of hydrogen-bond donors (Lipinski definition) is 0. The molecule has 1 atom stereocenters. The minimum Gasteiger partial charge on any atom is -0.462 e. The van der Waals surface area contributed by atoms with Gasteiger partial charge in [0.1, 0.15) is 13.2 Å². The van der Waals surface area contributed by atoms with Crippen molar-refractivity contribution in [2.24, 2.45) is 0 Å². The van der Waals surface area contributed by atoms with Crippen LogP contribution in [0.4, 0.5) is 0 Å². The maximum Gasteiger partial charge on any atom is 0.310 e. The van der Waals surface area contributed by atoms with Gasteiger partial charge in [0.05, 0.1) is 6.42 Å². The highest BCUT2D eigenvalue weighted by molar-refractivity contribution is 5.72. The molecule has 0 rings (SSSR count). The second-order valence-electron chi connectivity index (χ2n) is 19.2. The number of hydrogen-bond acceptors (Lipinski definition) is 6. The van der Waals surface area contributed by atoms with Crippen LogP contribution in [0.1, 0.15) is 278 Å². The van der Waals surface area contributed by atoms with Crippen LogP contribution in [0.15, 0.2) is 85.1 Å². The molecule has 0 saturated heterocycles. The van der Waals surface area contributed by atoms with E-state index >= 15 is 0 Å². The van der Waals surface area contributed by atoms with Gasteiger partial charge in [0, 0.05) is 12.8 Å². The fourth-order valence-corrected chi connectivity index (χ4v) is 8.08. The van der Waals surface area contributed by atoms with Crippen LogP contribution in [0.3, 0.4) is 0 Å². The van der Waals surface area contributed by atoms with Crippen LogP contribution < -0.4 is 0 Å². The molecule has 0 N–H and O–H groups in total. The Balaban J connectivity index is 4.43. The van der Waals surface area contributed by atoms with Gasteiger partial charge in [0.25, 0.3) is 0 Å². The van der Waals surface area contributed by atoms with Gasteiger partial charge < -0.3 is 14.2 Å². The van der Waals surface area contributed by atoms with Gasteiger partial charge in [-0.3, -0.25) is 14.4 Å². The number of carbonyl (C=O) groups excluding carboxylic acids is 3. The quantitative estimate of drug-likeness (QED) is 0.0262. The third-order valence-corrected chi connectivity index (χ3v) is 12.4. The summed E-state index contributed by atoms with van der Waals surface area (Å²) in [6.07, 6.45) is 74.6. The van der Waals surface area contributed by atoms with Crippen LogP contribution in [0, 0.1) is 0 Å². The zero-order chi connectivity index (χ0) is 50.0. The molecule has 0 radical (unpaired) electrons. The Labute approximate surface area is 426 Å². The SMILES string of the molecule is CC/C=C\C/C=C\C/C=C\C/C=C\C/C=C\CC(=O)OC(COC(=O)CCCCCCC/C=C\C/C=C\CCCCC)COC(=O)CCCCCCCCCCCCCCCCCCCCCCC. The molecule has 1 unspecified atom stereocenters. The monoisotopic (exact) mass is 961 g/mol. The molecular weight excluding hydrogens is 853 g/mol. The predicted octanol–water partition coefficient (Wildman–Crippen LogP) is 19.5. The number of esters is 3. The highest BCUT2D eigenvalue weighted by Gasteiger charge is 2.19. The van der Waals surface area contributed by atoms with Crippen molar-refractivity contribution in [1.82, 2.24) is 0 Å². The molecule has 0 bridgehead atoms. The summed E-state index contributed by atoms with van der Waals surface area (Å²) in [6.45, 7) is 6.43. The molecule has 0 amide bonds. The second kappa shape index (κ2) is 57.2. The van der Waals surface area contributed by atoms with E-state index in [0.29, 0.717) is 12.8 Å². The van der Waals surface area contributed by atoms with Crippen LogP contribution >= 0.6 is 0 Å². The number of allylic oxidation sites excluding steroid dienone is 13. The first-order valence-electron chi connectivity index (χ1n) is 29.1. The Morgan fingerprint density at radius 2 is 0.609 bits per heavy atom. The molecule has 0 aliphatic rings. The molecule has 69 heavy (non-hydrogen) atoms. The zero-order valence-corrected chi connectivity index (χ0v) is 45.3. The summed E-state index contributed by atoms with van der Waals surface area (Å²) in [5, 5.41) is 0. The van der Waals surface area contributed by atoms with Gasteiger partial charge in [0.2, 0.25) is 0 Å². The maximum atomic E-state index is 12.8. The first-order valence-corrected chi connectivity index (χ1v) is 29.1. The summed E-state index contributed by atoms with van der Waals surface area (Å²) in [6, 6.07) is 0. The zero-order valence-electron chi connectivity index (χ0n) is 45.3. The van der Waals surface area contributed by atoms with E-state index in [2.05, 4.69) is 93.7 Å². The molecule has 0 aromatic heterocycles. The molecule has 0 aliphatic heterocycles. The molecule has 0 aliphatic carbocycles. The van der Waals surface area contributed by atoms with Gasteiger partial charge in [-0.15, -0.1) is 0 Å². The maximum absolute atomic E-state index is 12.8. The van der Waals surface area contributed by atoms with Crippen molar-refractivity contribution in [2.45, 2.75) is 284 Å². The van der Waals surface area contributed by atoms with Crippen molar-refractivity contribution in [2.75, 3.05) is 13.2 Å². The van der Waals surface area contributed by atoms with E-state index in [-0.39, 0.29) is 31.6 Å². The lowest BCUT2D eigenvalue weighted by atomic mass is 10.0. The van der Waals surface area contributed by atoms with E-state index in [1.165, 1.54) is 141 Å². The molecule has 6 heteroatoms. The van der Waals surface area contributed by atoms with Crippen molar-refractivity contribution in [3.05, 3.63) is 85.1 Å². The van der Waals surface area contributed by atoms with E-state index in [9.17, 15) is 14.4 Å². The van der Waals surface area contributed by atoms with Crippen LogP contribution in [-0.2, 0) is 28.6 Å². The molecule has 0 aromatic rings. The Bertz CT molecular complexity index is 1330. The van der Waals surface area contributed by atoms with E-state index in [0.717, 1.165) is 96.3 Å². The third-order valence-electron chi connectivity index (χ3n) is 12.4. The summed E-state index contributed by atoms with van der Waals surface area (Å²) in [5.41, 5.74) is 0. The van der Waals surface area contributed by atoms with Gasteiger partial charge in [-0.2, -0.15) is 0 Å². The fraction of sp³-hybridized carbons (Fsp3) is 0.730. The van der Waals surface area contributed by atoms with Crippen LogP contribution in [0.25, 0.3) is 0 Å². The average molecular weight is 962 g/mol. The molecule has 0 fully saturated rings. The number of rotatable bonds is 52. The largest absolute Gasteiger partial charge is 0.462 e. The first-order chi connectivity index (χ1) is 34.0. The number of unbranched alkanes of at least 4 members (excludes halogenated alkanes) is 28. The molecule has 0 aromatic carbocycles. The van der Waals surface area contributed by atoms with E-state index in [1.807, 2.05) is 6.08 Å².